The molecule has 1 aromatic carbocycles. The molecule has 5 nitrogen and oxygen atoms in total. The van der Waals surface area contributed by atoms with Crippen LogP contribution in [0, 0.1) is 6.92 Å². The molecule has 0 bridgehead atoms. The molecule has 0 radical (unpaired) electrons. The molecule has 0 aliphatic carbocycles. The topological polar surface area (TPSA) is 69.6 Å². The predicted molar refractivity (Wildman–Crippen MR) is 65.8 cm³/mol. The van der Waals surface area contributed by atoms with Gasteiger partial charge in [0.25, 0.3) is 0 Å². The predicted octanol–water partition coefficient (Wildman–Crippen LogP) is 1.71. The molecule has 0 amide bonds. The molecule has 84 valence electrons. The third-order valence-electron chi connectivity index (χ3n) is 2.67. The number of hydrogen-bond acceptors (Lipinski definition) is 4. The van der Waals surface area contributed by atoms with E-state index in [9.17, 15) is 0 Å². The average molecular weight is 225 g/mol. The van der Waals surface area contributed by atoms with Gasteiger partial charge in [-0.3, -0.25) is 0 Å². The van der Waals surface area contributed by atoms with E-state index in [1.54, 1.807) is 4.68 Å². The first kappa shape index (κ1) is 9.77. The molecule has 0 saturated carbocycles. The van der Waals surface area contributed by atoms with E-state index in [1.165, 1.54) is 6.33 Å². The lowest BCUT2D eigenvalue weighted by atomic mass is 10.2. The van der Waals surface area contributed by atoms with Gasteiger partial charge in [-0.1, -0.05) is 12.1 Å². The van der Waals surface area contributed by atoms with Crippen molar-refractivity contribution in [3.8, 4) is 5.82 Å². The van der Waals surface area contributed by atoms with Crippen LogP contribution in [0.25, 0.3) is 16.7 Å². The van der Waals surface area contributed by atoms with Crippen molar-refractivity contribution in [3.05, 3.63) is 42.4 Å². The van der Waals surface area contributed by atoms with Gasteiger partial charge < -0.3 is 5.73 Å². The third-order valence-corrected chi connectivity index (χ3v) is 2.67. The third kappa shape index (κ3) is 1.52. The Morgan fingerprint density at radius 2 is 2.00 bits per heavy atom. The smallest absolute Gasteiger partial charge is 0.164 e. The van der Waals surface area contributed by atoms with Crippen LogP contribution in [0.3, 0.4) is 0 Å². The normalized spacial score (nSPS) is 10.9. The van der Waals surface area contributed by atoms with E-state index in [0.717, 1.165) is 22.3 Å². The van der Waals surface area contributed by atoms with Crippen molar-refractivity contribution in [2.45, 2.75) is 6.92 Å². The summed E-state index contributed by atoms with van der Waals surface area (Å²) in [6, 6.07) is 7.81. The summed E-state index contributed by atoms with van der Waals surface area (Å²) in [7, 11) is 0. The summed E-state index contributed by atoms with van der Waals surface area (Å²) in [5, 5.41) is 5.19. The van der Waals surface area contributed by atoms with Gasteiger partial charge in [-0.05, 0) is 19.1 Å². The second kappa shape index (κ2) is 3.55. The SMILES string of the molecule is Cc1cn(-c2ncnc3ccccc23)nc1N. The summed E-state index contributed by atoms with van der Waals surface area (Å²) < 4.78 is 1.69. The molecule has 0 aliphatic rings. The fourth-order valence-corrected chi connectivity index (χ4v) is 1.76. The van der Waals surface area contributed by atoms with Crippen LogP contribution in [0.5, 0.6) is 0 Å². The largest absolute Gasteiger partial charge is 0.382 e. The van der Waals surface area contributed by atoms with Crippen LogP contribution in [-0.2, 0) is 0 Å². The molecule has 5 heteroatoms. The standard InChI is InChI=1S/C12H11N5/c1-8-6-17(16-11(8)13)12-9-4-2-3-5-10(9)14-7-15-12/h2-7H,1H3,(H2,13,16). The number of nitrogens with two attached hydrogens (primary N) is 1. The number of hydrogen-bond donors (Lipinski definition) is 1. The van der Waals surface area contributed by atoms with Crippen molar-refractivity contribution in [3.63, 3.8) is 0 Å². The Kier molecular flexibility index (Phi) is 2.04. The lowest BCUT2D eigenvalue weighted by molar-refractivity contribution is 0.855. The average Bonchev–Trinajstić information content (AvgIpc) is 2.69. The number of aryl methyl sites for hydroxylation is 1. The molecule has 0 fully saturated rings. The van der Waals surface area contributed by atoms with Gasteiger partial charge in [0.1, 0.15) is 12.1 Å². The van der Waals surface area contributed by atoms with E-state index >= 15 is 0 Å². The van der Waals surface area contributed by atoms with Gasteiger partial charge in [0.05, 0.1) is 5.52 Å². The highest BCUT2D eigenvalue weighted by Gasteiger charge is 2.08. The summed E-state index contributed by atoms with van der Waals surface area (Å²) >= 11 is 0. The summed E-state index contributed by atoms with van der Waals surface area (Å²) in [6.07, 6.45) is 3.40. The van der Waals surface area contributed by atoms with Gasteiger partial charge >= 0.3 is 0 Å². The zero-order chi connectivity index (χ0) is 11.8. The Bertz CT molecular complexity index is 661. The summed E-state index contributed by atoms with van der Waals surface area (Å²) in [6.45, 7) is 1.92. The quantitative estimate of drug-likeness (QED) is 0.684. The number of rotatable bonds is 1. The molecule has 0 unspecified atom stereocenters. The number of nitrogens with zero attached hydrogens (tertiary/aromatic N) is 4. The van der Waals surface area contributed by atoms with Crippen LogP contribution in [-0.4, -0.2) is 19.7 Å². The maximum atomic E-state index is 5.75. The lowest BCUT2D eigenvalue weighted by Crippen LogP contribution is -2.00. The second-order valence-corrected chi connectivity index (χ2v) is 3.86. The molecule has 17 heavy (non-hydrogen) atoms. The minimum atomic E-state index is 0.521. The molecule has 3 aromatic rings. The monoisotopic (exact) mass is 225 g/mol. The zero-order valence-corrected chi connectivity index (χ0v) is 9.33. The number of nitrogen functional groups attached to an aromatic ring is 1. The van der Waals surface area contributed by atoms with Gasteiger partial charge in [0, 0.05) is 17.1 Å². The van der Waals surface area contributed by atoms with Crippen molar-refractivity contribution in [1.29, 1.82) is 0 Å². The Morgan fingerprint density at radius 3 is 2.76 bits per heavy atom. The van der Waals surface area contributed by atoms with E-state index in [2.05, 4.69) is 15.1 Å². The molecular weight excluding hydrogens is 214 g/mol. The summed E-state index contributed by atoms with van der Waals surface area (Å²) in [5.41, 5.74) is 7.58. The number of fused-ring (bicyclic) bond motifs is 1. The molecule has 3 rings (SSSR count). The Labute approximate surface area is 97.9 Å². The Morgan fingerprint density at radius 1 is 1.18 bits per heavy atom. The second-order valence-electron chi connectivity index (χ2n) is 3.86. The van der Waals surface area contributed by atoms with E-state index in [4.69, 9.17) is 5.73 Å². The van der Waals surface area contributed by atoms with E-state index < -0.39 is 0 Å². The van der Waals surface area contributed by atoms with Gasteiger partial charge in [0.2, 0.25) is 0 Å². The number of anilines is 1. The van der Waals surface area contributed by atoms with E-state index in [0.29, 0.717) is 5.82 Å². The van der Waals surface area contributed by atoms with Crippen molar-refractivity contribution in [2.24, 2.45) is 0 Å². The van der Waals surface area contributed by atoms with Gasteiger partial charge in [-0.25, -0.2) is 14.6 Å². The Balaban J connectivity index is 2.30. The fourth-order valence-electron chi connectivity index (χ4n) is 1.76. The minimum Gasteiger partial charge on any atom is -0.382 e. The molecule has 2 heterocycles. The van der Waals surface area contributed by atoms with Crippen molar-refractivity contribution >= 4 is 16.7 Å². The fraction of sp³-hybridized carbons (Fsp3) is 0.0833. The van der Waals surface area contributed by atoms with Crippen LogP contribution in [0.2, 0.25) is 0 Å². The molecule has 2 aromatic heterocycles. The minimum absolute atomic E-state index is 0.521. The molecule has 0 spiro atoms. The van der Waals surface area contributed by atoms with E-state index in [1.807, 2.05) is 37.4 Å². The molecular formula is C12H11N5. The highest BCUT2D eigenvalue weighted by atomic mass is 15.3. The summed E-state index contributed by atoms with van der Waals surface area (Å²) in [4.78, 5) is 8.48. The molecule has 0 aliphatic heterocycles. The van der Waals surface area contributed by atoms with Gasteiger partial charge in [-0.2, -0.15) is 0 Å². The maximum Gasteiger partial charge on any atom is 0.164 e. The highest BCUT2D eigenvalue weighted by molar-refractivity contribution is 5.84. The molecule has 0 atom stereocenters. The number of para-hydroxylation sites is 1. The Hall–Kier alpha value is -2.43. The van der Waals surface area contributed by atoms with Crippen molar-refractivity contribution < 1.29 is 0 Å². The first-order chi connectivity index (χ1) is 8.25. The van der Waals surface area contributed by atoms with E-state index in [-0.39, 0.29) is 0 Å². The molecule has 0 saturated heterocycles. The van der Waals surface area contributed by atoms with Crippen molar-refractivity contribution in [1.82, 2.24) is 19.7 Å². The van der Waals surface area contributed by atoms with Gasteiger partial charge in [-0.15, -0.1) is 5.10 Å². The zero-order valence-electron chi connectivity index (χ0n) is 9.33. The van der Waals surface area contributed by atoms with Crippen LogP contribution in [0.1, 0.15) is 5.56 Å². The van der Waals surface area contributed by atoms with Crippen LogP contribution in [0.4, 0.5) is 5.82 Å². The highest BCUT2D eigenvalue weighted by Crippen LogP contribution is 2.19. The van der Waals surface area contributed by atoms with Crippen LogP contribution in [0.15, 0.2) is 36.8 Å². The van der Waals surface area contributed by atoms with Crippen LogP contribution >= 0.6 is 0 Å². The van der Waals surface area contributed by atoms with Crippen LogP contribution < -0.4 is 5.73 Å². The first-order valence-corrected chi connectivity index (χ1v) is 5.27. The summed E-state index contributed by atoms with van der Waals surface area (Å²) in [5.74, 6) is 1.27. The van der Waals surface area contributed by atoms with Gasteiger partial charge in [0.15, 0.2) is 5.82 Å². The lowest BCUT2D eigenvalue weighted by Gasteiger charge is -2.03. The van der Waals surface area contributed by atoms with Crippen molar-refractivity contribution in [2.75, 3.05) is 5.73 Å². The maximum absolute atomic E-state index is 5.75. The number of aromatic nitrogens is 4. The molecule has 2 N–H and O–H groups in total. The number of benzene rings is 1. The first-order valence-electron chi connectivity index (χ1n) is 5.27.